The van der Waals surface area contributed by atoms with Gasteiger partial charge in [0.15, 0.2) is 0 Å². The van der Waals surface area contributed by atoms with Crippen LogP contribution in [0.2, 0.25) is 5.02 Å². The second-order valence-electron chi connectivity index (χ2n) is 3.78. The Balaban J connectivity index is 2.54. The summed E-state index contributed by atoms with van der Waals surface area (Å²) in [5.74, 6) is -0.922. The van der Waals surface area contributed by atoms with Crippen LogP contribution in [0.25, 0.3) is 0 Å². The molecule has 2 N–H and O–H groups in total. The van der Waals surface area contributed by atoms with E-state index in [1.807, 2.05) is 0 Å². The third kappa shape index (κ3) is 2.55. The number of rotatable bonds is 2. The Kier molecular flexibility index (Phi) is 4.00. The van der Waals surface area contributed by atoms with E-state index in [1.54, 1.807) is 12.1 Å². The smallest absolute Gasteiger partial charge is 0.129 e. The summed E-state index contributed by atoms with van der Waals surface area (Å²) >= 11 is 9.19. The molecule has 1 atom stereocenters. The van der Waals surface area contributed by atoms with Gasteiger partial charge in [-0.3, -0.25) is 0 Å². The average Bonchev–Trinajstić information content (AvgIpc) is 2.32. The van der Waals surface area contributed by atoms with E-state index in [-0.39, 0.29) is 5.56 Å². The van der Waals surface area contributed by atoms with Gasteiger partial charge in [0.1, 0.15) is 11.6 Å². The fraction of sp³-hybridized carbons (Fsp3) is 0.0769. The van der Waals surface area contributed by atoms with Gasteiger partial charge in [0.2, 0.25) is 0 Å². The SMILES string of the molecule is NC(c1cc(F)ccc1Cl)c1c(F)cccc1Br. The lowest BCUT2D eigenvalue weighted by Gasteiger charge is -2.16. The van der Waals surface area contributed by atoms with E-state index in [4.69, 9.17) is 17.3 Å². The molecule has 1 unspecified atom stereocenters. The highest BCUT2D eigenvalue weighted by Crippen LogP contribution is 2.32. The van der Waals surface area contributed by atoms with Crippen LogP contribution in [0.15, 0.2) is 40.9 Å². The first-order valence-electron chi connectivity index (χ1n) is 5.15. The van der Waals surface area contributed by atoms with Gasteiger partial charge in [0.05, 0.1) is 6.04 Å². The van der Waals surface area contributed by atoms with E-state index in [9.17, 15) is 8.78 Å². The number of nitrogens with two attached hydrogens (primary N) is 1. The van der Waals surface area contributed by atoms with E-state index in [1.165, 1.54) is 24.3 Å². The van der Waals surface area contributed by atoms with Crippen LogP contribution in [-0.4, -0.2) is 0 Å². The van der Waals surface area contributed by atoms with Crippen molar-refractivity contribution >= 4 is 27.5 Å². The first-order chi connectivity index (χ1) is 8.50. The predicted octanol–water partition coefficient (Wildman–Crippen LogP) is 4.43. The van der Waals surface area contributed by atoms with Gasteiger partial charge in [0.25, 0.3) is 0 Å². The van der Waals surface area contributed by atoms with Gasteiger partial charge in [0, 0.05) is 15.1 Å². The van der Waals surface area contributed by atoms with E-state index < -0.39 is 17.7 Å². The predicted molar refractivity (Wildman–Crippen MR) is 71.5 cm³/mol. The van der Waals surface area contributed by atoms with Crippen molar-refractivity contribution in [2.24, 2.45) is 5.73 Å². The maximum Gasteiger partial charge on any atom is 0.129 e. The number of hydrogen-bond donors (Lipinski definition) is 1. The molecule has 2 aromatic rings. The Bertz CT molecular complexity index is 569. The van der Waals surface area contributed by atoms with E-state index in [2.05, 4.69) is 15.9 Å². The lowest BCUT2D eigenvalue weighted by Crippen LogP contribution is -2.15. The molecule has 0 amide bonds. The zero-order chi connectivity index (χ0) is 13.3. The van der Waals surface area contributed by atoms with Gasteiger partial charge < -0.3 is 5.73 Å². The zero-order valence-electron chi connectivity index (χ0n) is 9.13. The molecular weight excluding hydrogens is 324 g/mol. The molecule has 5 heteroatoms. The van der Waals surface area contributed by atoms with Crippen LogP contribution >= 0.6 is 27.5 Å². The van der Waals surface area contributed by atoms with Crippen molar-refractivity contribution in [1.29, 1.82) is 0 Å². The molecule has 0 radical (unpaired) electrons. The maximum absolute atomic E-state index is 13.8. The van der Waals surface area contributed by atoms with Crippen LogP contribution in [-0.2, 0) is 0 Å². The minimum Gasteiger partial charge on any atom is -0.320 e. The molecule has 2 aromatic carbocycles. The topological polar surface area (TPSA) is 26.0 Å². The molecule has 18 heavy (non-hydrogen) atoms. The van der Waals surface area contributed by atoms with E-state index in [0.29, 0.717) is 15.1 Å². The third-order valence-electron chi connectivity index (χ3n) is 2.60. The summed E-state index contributed by atoms with van der Waals surface area (Å²) in [5.41, 5.74) is 6.57. The fourth-order valence-electron chi connectivity index (χ4n) is 1.72. The van der Waals surface area contributed by atoms with Crippen LogP contribution in [0.4, 0.5) is 8.78 Å². The molecule has 0 aliphatic rings. The summed E-state index contributed by atoms with van der Waals surface area (Å²) in [4.78, 5) is 0. The highest BCUT2D eigenvalue weighted by molar-refractivity contribution is 9.10. The number of halogens is 4. The first kappa shape index (κ1) is 13.5. The molecule has 0 fully saturated rings. The second kappa shape index (κ2) is 5.34. The summed E-state index contributed by atoms with van der Waals surface area (Å²) in [6, 6.07) is 7.55. The summed E-state index contributed by atoms with van der Waals surface area (Å²) < 4.78 is 27.5. The maximum atomic E-state index is 13.8. The molecule has 0 aliphatic heterocycles. The number of hydrogen-bond acceptors (Lipinski definition) is 1. The largest absolute Gasteiger partial charge is 0.320 e. The van der Waals surface area contributed by atoms with Gasteiger partial charge in [-0.15, -0.1) is 0 Å². The quantitative estimate of drug-likeness (QED) is 0.865. The molecule has 2 rings (SSSR count). The Morgan fingerprint density at radius 3 is 2.56 bits per heavy atom. The van der Waals surface area contributed by atoms with Gasteiger partial charge in [-0.05, 0) is 35.9 Å². The van der Waals surface area contributed by atoms with Gasteiger partial charge >= 0.3 is 0 Å². The highest BCUT2D eigenvalue weighted by Gasteiger charge is 2.19. The van der Waals surface area contributed by atoms with Crippen LogP contribution in [0.3, 0.4) is 0 Å². The standard InChI is InChI=1S/C13H9BrClF2N/c14-9-2-1-3-11(17)12(9)13(18)8-6-7(16)4-5-10(8)15/h1-6,13H,18H2. The molecule has 1 nitrogen and oxygen atoms in total. The highest BCUT2D eigenvalue weighted by atomic mass is 79.9. The van der Waals surface area contributed by atoms with Crippen molar-refractivity contribution in [3.63, 3.8) is 0 Å². The van der Waals surface area contributed by atoms with Crippen molar-refractivity contribution < 1.29 is 8.78 Å². The molecule has 0 saturated heterocycles. The average molecular weight is 333 g/mol. The lowest BCUT2D eigenvalue weighted by molar-refractivity contribution is 0.594. The lowest BCUT2D eigenvalue weighted by atomic mass is 9.99. The normalized spacial score (nSPS) is 12.5. The Morgan fingerprint density at radius 1 is 1.17 bits per heavy atom. The van der Waals surface area contributed by atoms with Crippen LogP contribution in [0.1, 0.15) is 17.2 Å². The molecular formula is C13H9BrClF2N. The first-order valence-corrected chi connectivity index (χ1v) is 6.32. The van der Waals surface area contributed by atoms with Gasteiger partial charge in [-0.2, -0.15) is 0 Å². The molecule has 0 saturated carbocycles. The van der Waals surface area contributed by atoms with Crippen molar-refractivity contribution in [3.05, 3.63) is 68.7 Å². The van der Waals surface area contributed by atoms with Crippen molar-refractivity contribution in [1.82, 2.24) is 0 Å². The Hall–Kier alpha value is -0.970. The summed E-state index contributed by atoms with van der Waals surface area (Å²) in [6.45, 7) is 0. The molecule has 0 heterocycles. The Morgan fingerprint density at radius 2 is 1.89 bits per heavy atom. The second-order valence-corrected chi connectivity index (χ2v) is 5.04. The summed E-state index contributed by atoms with van der Waals surface area (Å²) in [5, 5.41) is 0.305. The molecule has 94 valence electrons. The zero-order valence-corrected chi connectivity index (χ0v) is 11.5. The Labute approximate surface area is 117 Å². The monoisotopic (exact) mass is 331 g/mol. The number of benzene rings is 2. The fourth-order valence-corrected chi connectivity index (χ4v) is 2.54. The molecule has 0 aliphatic carbocycles. The molecule has 0 spiro atoms. The minimum atomic E-state index is -0.830. The molecule has 0 bridgehead atoms. The van der Waals surface area contributed by atoms with E-state index in [0.717, 1.165) is 0 Å². The van der Waals surface area contributed by atoms with Crippen molar-refractivity contribution in [2.75, 3.05) is 0 Å². The minimum absolute atomic E-state index is 0.255. The van der Waals surface area contributed by atoms with Gasteiger partial charge in [-0.25, -0.2) is 8.78 Å². The summed E-state index contributed by atoms with van der Waals surface area (Å²) in [7, 11) is 0. The van der Waals surface area contributed by atoms with Crippen LogP contribution < -0.4 is 5.73 Å². The molecule has 0 aromatic heterocycles. The van der Waals surface area contributed by atoms with Crippen molar-refractivity contribution in [2.45, 2.75) is 6.04 Å². The van der Waals surface area contributed by atoms with Gasteiger partial charge in [-0.1, -0.05) is 33.6 Å². The summed E-state index contributed by atoms with van der Waals surface area (Å²) in [6.07, 6.45) is 0. The van der Waals surface area contributed by atoms with Crippen LogP contribution in [0, 0.1) is 11.6 Å². The van der Waals surface area contributed by atoms with Crippen molar-refractivity contribution in [3.8, 4) is 0 Å². The van der Waals surface area contributed by atoms with Crippen LogP contribution in [0.5, 0.6) is 0 Å². The van der Waals surface area contributed by atoms with E-state index >= 15 is 0 Å². The third-order valence-corrected chi connectivity index (χ3v) is 3.64.